The van der Waals surface area contributed by atoms with Gasteiger partial charge in [-0.1, -0.05) is 11.2 Å². The quantitative estimate of drug-likeness (QED) is 0.796. The van der Waals surface area contributed by atoms with Gasteiger partial charge in [-0.15, -0.1) is 11.8 Å². The molecule has 9 heteroatoms. The molecule has 1 heterocycles. The summed E-state index contributed by atoms with van der Waals surface area (Å²) in [5.74, 6) is -1.00. The summed E-state index contributed by atoms with van der Waals surface area (Å²) >= 11 is 1.15. The molecular weight excluding hydrogens is 364 g/mol. The van der Waals surface area contributed by atoms with Crippen molar-refractivity contribution < 1.29 is 22.9 Å². The Balaban J connectivity index is 1.81. The number of aryl methyl sites for hydroxylation is 1. The topological polar surface area (TPSA) is 75.4 Å². The second-order valence-corrected chi connectivity index (χ2v) is 7.08. The first kappa shape index (κ1) is 19.9. The number of carbonyl (C=O) groups is 2. The molecule has 0 aliphatic carbocycles. The molecule has 6 nitrogen and oxygen atoms in total. The molecule has 1 unspecified atom stereocenters. The van der Waals surface area contributed by atoms with E-state index in [-0.39, 0.29) is 29.7 Å². The van der Waals surface area contributed by atoms with E-state index in [1.165, 1.54) is 18.0 Å². The smallest absolute Gasteiger partial charge is 0.238 e. The lowest BCUT2D eigenvalue weighted by Crippen LogP contribution is -2.30. The lowest BCUT2D eigenvalue weighted by atomic mass is 10.2. The maximum Gasteiger partial charge on any atom is 0.238 e. The molecule has 2 rings (SSSR count). The molecule has 0 spiro atoms. The fourth-order valence-corrected chi connectivity index (χ4v) is 2.85. The lowest BCUT2D eigenvalue weighted by Gasteiger charge is -2.18. The van der Waals surface area contributed by atoms with Crippen LogP contribution >= 0.6 is 11.8 Å². The second-order valence-electron chi connectivity index (χ2n) is 5.75. The van der Waals surface area contributed by atoms with Gasteiger partial charge in [0, 0.05) is 31.3 Å². The minimum atomic E-state index is -0.701. The monoisotopic (exact) mass is 383 g/mol. The van der Waals surface area contributed by atoms with E-state index in [9.17, 15) is 18.4 Å². The molecule has 1 atom stereocenters. The molecule has 140 valence electrons. The zero-order valence-corrected chi connectivity index (χ0v) is 15.4. The van der Waals surface area contributed by atoms with Crippen LogP contribution in [0.3, 0.4) is 0 Å². The molecule has 26 heavy (non-hydrogen) atoms. The minimum Gasteiger partial charge on any atom is -0.360 e. The summed E-state index contributed by atoms with van der Waals surface area (Å²) < 4.78 is 31.4. The maximum absolute atomic E-state index is 13.7. The number of amides is 2. The van der Waals surface area contributed by atoms with Gasteiger partial charge in [0.25, 0.3) is 0 Å². The molecule has 2 aromatic rings. The van der Waals surface area contributed by atoms with E-state index in [0.29, 0.717) is 11.6 Å². The first-order valence-electron chi connectivity index (χ1n) is 7.80. The van der Waals surface area contributed by atoms with Crippen LogP contribution in [0.5, 0.6) is 0 Å². The van der Waals surface area contributed by atoms with E-state index < -0.39 is 16.9 Å². The van der Waals surface area contributed by atoms with Crippen LogP contribution in [0, 0.1) is 18.6 Å². The third kappa shape index (κ3) is 5.55. The number of benzene rings is 1. The van der Waals surface area contributed by atoms with Gasteiger partial charge >= 0.3 is 0 Å². The van der Waals surface area contributed by atoms with Crippen molar-refractivity contribution in [1.82, 2.24) is 10.1 Å². The van der Waals surface area contributed by atoms with E-state index in [2.05, 4.69) is 10.5 Å². The second kappa shape index (κ2) is 8.79. The fraction of sp³-hybridized carbons (Fsp3) is 0.353. The van der Waals surface area contributed by atoms with Gasteiger partial charge in [-0.05, 0) is 19.9 Å². The third-order valence-corrected chi connectivity index (χ3v) is 4.68. The van der Waals surface area contributed by atoms with Crippen molar-refractivity contribution in [3.63, 3.8) is 0 Å². The summed E-state index contributed by atoms with van der Waals surface area (Å²) in [7, 11) is 1.52. The SMILES string of the molecule is Cc1cc(NC(=O)C(C)SCC(=O)N(C)Cc2ccc(F)cc2F)no1. The van der Waals surface area contributed by atoms with E-state index in [1.54, 1.807) is 19.9 Å². The normalized spacial score (nSPS) is 11.9. The molecule has 0 aliphatic rings. The molecule has 0 radical (unpaired) electrons. The van der Waals surface area contributed by atoms with E-state index in [4.69, 9.17) is 4.52 Å². The van der Waals surface area contributed by atoms with Gasteiger partial charge in [-0.2, -0.15) is 0 Å². The van der Waals surface area contributed by atoms with Crippen LogP contribution in [0.2, 0.25) is 0 Å². The van der Waals surface area contributed by atoms with Crippen LogP contribution in [0.25, 0.3) is 0 Å². The predicted molar refractivity (Wildman–Crippen MR) is 94.6 cm³/mol. The van der Waals surface area contributed by atoms with Gasteiger partial charge in [-0.3, -0.25) is 9.59 Å². The van der Waals surface area contributed by atoms with Crippen LogP contribution in [0.15, 0.2) is 28.8 Å². The number of rotatable bonds is 7. The molecule has 1 aromatic heterocycles. The number of hydrogen-bond donors (Lipinski definition) is 1. The molecular formula is C17H19F2N3O3S. The molecule has 1 aromatic carbocycles. The summed E-state index contributed by atoms with van der Waals surface area (Å²) in [6, 6.07) is 4.81. The first-order chi connectivity index (χ1) is 12.3. The van der Waals surface area contributed by atoms with Crippen molar-refractivity contribution >= 4 is 29.4 Å². The number of nitrogens with one attached hydrogen (secondary N) is 1. The van der Waals surface area contributed by atoms with Gasteiger partial charge in [0.05, 0.1) is 11.0 Å². The highest BCUT2D eigenvalue weighted by atomic mass is 32.2. The lowest BCUT2D eigenvalue weighted by molar-refractivity contribution is -0.127. The van der Waals surface area contributed by atoms with E-state index in [0.717, 1.165) is 23.9 Å². The average molecular weight is 383 g/mol. The van der Waals surface area contributed by atoms with Crippen molar-refractivity contribution in [3.05, 3.63) is 47.2 Å². The van der Waals surface area contributed by atoms with Gasteiger partial charge in [0.15, 0.2) is 5.82 Å². The summed E-state index contributed by atoms with van der Waals surface area (Å²) in [4.78, 5) is 25.5. The van der Waals surface area contributed by atoms with Gasteiger partial charge < -0.3 is 14.7 Å². The molecule has 1 N–H and O–H groups in total. The highest BCUT2D eigenvalue weighted by Gasteiger charge is 2.19. The molecule has 0 saturated carbocycles. The molecule has 0 fully saturated rings. The van der Waals surface area contributed by atoms with Crippen molar-refractivity contribution in [2.24, 2.45) is 0 Å². The van der Waals surface area contributed by atoms with Gasteiger partial charge in [0.2, 0.25) is 11.8 Å². The standard InChI is InChI=1S/C17H19F2N3O3S/c1-10-6-15(21-25-10)20-17(24)11(2)26-9-16(23)22(3)8-12-4-5-13(18)7-14(12)19/h4-7,11H,8-9H2,1-3H3,(H,20,21,24). The van der Waals surface area contributed by atoms with Crippen molar-refractivity contribution in [3.8, 4) is 0 Å². The first-order valence-corrected chi connectivity index (χ1v) is 8.85. The predicted octanol–water partition coefficient (Wildman–Crippen LogP) is 2.98. The largest absolute Gasteiger partial charge is 0.360 e. The fourth-order valence-electron chi connectivity index (χ4n) is 2.03. The van der Waals surface area contributed by atoms with Crippen LogP contribution in [-0.4, -0.2) is 39.9 Å². The van der Waals surface area contributed by atoms with Gasteiger partial charge in [-0.25, -0.2) is 8.78 Å². The van der Waals surface area contributed by atoms with Crippen LogP contribution in [0.1, 0.15) is 18.2 Å². The van der Waals surface area contributed by atoms with Crippen LogP contribution < -0.4 is 5.32 Å². The zero-order valence-electron chi connectivity index (χ0n) is 14.6. The third-order valence-electron chi connectivity index (χ3n) is 3.55. The highest BCUT2D eigenvalue weighted by molar-refractivity contribution is 8.01. The average Bonchev–Trinajstić information content (AvgIpc) is 2.99. The summed E-state index contributed by atoms with van der Waals surface area (Å²) in [6.07, 6.45) is 0. The number of hydrogen-bond acceptors (Lipinski definition) is 5. The number of halogens is 2. The number of anilines is 1. The zero-order chi connectivity index (χ0) is 19.3. The van der Waals surface area contributed by atoms with Crippen molar-refractivity contribution in [1.29, 1.82) is 0 Å². The minimum absolute atomic E-state index is 0.0182. The molecule has 0 aliphatic heterocycles. The van der Waals surface area contributed by atoms with E-state index >= 15 is 0 Å². The Morgan fingerprint density at radius 1 is 1.35 bits per heavy atom. The van der Waals surface area contributed by atoms with Crippen molar-refractivity contribution in [2.75, 3.05) is 18.1 Å². The number of aromatic nitrogens is 1. The summed E-state index contributed by atoms with van der Waals surface area (Å²) in [6.45, 7) is 3.39. The number of thioether (sulfide) groups is 1. The Hall–Kier alpha value is -2.42. The van der Waals surface area contributed by atoms with Crippen LogP contribution in [-0.2, 0) is 16.1 Å². The number of nitrogens with zero attached hydrogens (tertiary/aromatic N) is 2. The Labute approximate surface area is 153 Å². The molecule has 0 saturated heterocycles. The Kier molecular flexibility index (Phi) is 6.73. The maximum atomic E-state index is 13.7. The number of carbonyl (C=O) groups excluding carboxylic acids is 2. The molecule has 2 amide bonds. The molecule has 0 bridgehead atoms. The summed E-state index contributed by atoms with van der Waals surface area (Å²) in [5.41, 5.74) is 0.222. The highest BCUT2D eigenvalue weighted by Crippen LogP contribution is 2.16. The Bertz CT molecular complexity index is 797. The van der Waals surface area contributed by atoms with Gasteiger partial charge in [0.1, 0.15) is 17.4 Å². The summed E-state index contributed by atoms with van der Waals surface area (Å²) in [5, 5.41) is 5.77. The van der Waals surface area contributed by atoms with E-state index in [1.807, 2.05) is 0 Å². The van der Waals surface area contributed by atoms with Crippen molar-refractivity contribution in [2.45, 2.75) is 25.6 Å². The Morgan fingerprint density at radius 2 is 2.08 bits per heavy atom. The Morgan fingerprint density at radius 3 is 2.69 bits per heavy atom. The van der Waals surface area contributed by atoms with Crippen LogP contribution in [0.4, 0.5) is 14.6 Å².